The average molecular weight is 246 g/mol. The van der Waals surface area contributed by atoms with E-state index in [4.69, 9.17) is 16.0 Å². The summed E-state index contributed by atoms with van der Waals surface area (Å²) in [6.45, 7) is 0. The maximum absolute atomic E-state index is 9.27. The Morgan fingerprint density at radius 2 is 1.88 bits per heavy atom. The van der Waals surface area contributed by atoms with E-state index in [2.05, 4.69) is 0 Å². The molecule has 0 fully saturated rings. The van der Waals surface area contributed by atoms with Crippen molar-refractivity contribution < 1.29 is 14.5 Å². The summed E-state index contributed by atoms with van der Waals surface area (Å²) in [5.74, 6) is 0. The highest BCUT2D eigenvalue weighted by Crippen LogP contribution is 2.29. The molecule has 0 radical (unpaired) electrons. The maximum atomic E-state index is 9.27. The zero-order valence-electron chi connectivity index (χ0n) is 8.72. The van der Waals surface area contributed by atoms with Crippen LogP contribution in [0.2, 0.25) is 5.02 Å². The fraction of sp³-hybridized carbons (Fsp3) is 0. The van der Waals surface area contributed by atoms with Gasteiger partial charge in [0.05, 0.1) is 0 Å². The van der Waals surface area contributed by atoms with Crippen molar-refractivity contribution in [3.63, 3.8) is 0 Å². The largest absolute Gasteiger partial charge is 0.492 e. The summed E-state index contributed by atoms with van der Waals surface area (Å²) in [5.41, 5.74) is 1.48. The lowest BCUT2D eigenvalue weighted by molar-refractivity contribution is 0.425. The van der Waals surface area contributed by atoms with Crippen molar-refractivity contribution >= 4 is 46.1 Å². The molecule has 2 aromatic carbocycles. The summed E-state index contributed by atoms with van der Waals surface area (Å²) in [4.78, 5) is 0. The van der Waals surface area contributed by atoms with Crippen LogP contribution >= 0.6 is 11.6 Å². The minimum Gasteiger partial charge on any atom is -0.456 e. The first-order chi connectivity index (χ1) is 8.16. The van der Waals surface area contributed by atoms with Gasteiger partial charge < -0.3 is 14.5 Å². The van der Waals surface area contributed by atoms with Gasteiger partial charge in [0.15, 0.2) is 0 Å². The van der Waals surface area contributed by atoms with Crippen LogP contribution in [0, 0.1) is 0 Å². The molecule has 3 rings (SSSR count). The summed E-state index contributed by atoms with van der Waals surface area (Å²) in [6, 6.07) is 10.6. The van der Waals surface area contributed by atoms with E-state index in [0.29, 0.717) is 21.7 Å². The normalized spacial score (nSPS) is 11.2. The second-order valence-corrected chi connectivity index (χ2v) is 4.28. The standard InChI is InChI=1S/C12H8BClO3/c14-7-4-5-8-9-2-1-3-10(13(15)16)12(9)17-11(8)6-7/h1-6,15-16H. The second kappa shape index (κ2) is 3.77. The molecule has 3 nitrogen and oxygen atoms in total. The molecular formula is C12H8BClO3. The molecule has 1 heterocycles. The van der Waals surface area contributed by atoms with E-state index < -0.39 is 7.12 Å². The fourth-order valence-electron chi connectivity index (χ4n) is 2.00. The molecule has 0 saturated heterocycles. The van der Waals surface area contributed by atoms with Crippen molar-refractivity contribution in [3.05, 3.63) is 41.4 Å². The maximum Gasteiger partial charge on any atom is 0.492 e. The van der Waals surface area contributed by atoms with Crippen molar-refractivity contribution in [3.8, 4) is 0 Å². The predicted octanol–water partition coefficient (Wildman–Crippen LogP) is 1.92. The van der Waals surface area contributed by atoms with Crippen LogP contribution in [-0.2, 0) is 0 Å². The van der Waals surface area contributed by atoms with E-state index in [1.54, 1.807) is 24.3 Å². The number of rotatable bonds is 1. The monoisotopic (exact) mass is 246 g/mol. The van der Waals surface area contributed by atoms with E-state index in [0.717, 1.165) is 10.8 Å². The summed E-state index contributed by atoms with van der Waals surface area (Å²) >= 11 is 5.89. The molecule has 17 heavy (non-hydrogen) atoms. The molecule has 1 aromatic heterocycles. The van der Waals surface area contributed by atoms with Crippen LogP contribution in [0.15, 0.2) is 40.8 Å². The molecule has 3 aromatic rings. The molecule has 0 amide bonds. The number of benzene rings is 2. The van der Waals surface area contributed by atoms with Gasteiger partial charge in [-0.05, 0) is 12.1 Å². The Morgan fingerprint density at radius 1 is 1.06 bits per heavy atom. The molecule has 0 saturated carbocycles. The van der Waals surface area contributed by atoms with Gasteiger partial charge in [-0.2, -0.15) is 0 Å². The highest BCUT2D eigenvalue weighted by atomic mass is 35.5. The van der Waals surface area contributed by atoms with Crippen LogP contribution in [0.1, 0.15) is 0 Å². The Kier molecular flexibility index (Phi) is 2.36. The van der Waals surface area contributed by atoms with Gasteiger partial charge in [-0.3, -0.25) is 0 Å². The van der Waals surface area contributed by atoms with Crippen molar-refractivity contribution in [2.45, 2.75) is 0 Å². The number of fused-ring (bicyclic) bond motifs is 3. The molecule has 0 unspecified atom stereocenters. The first kappa shape index (κ1) is 10.7. The van der Waals surface area contributed by atoms with Crippen LogP contribution in [0.3, 0.4) is 0 Å². The minimum absolute atomic E-state index is 0.356. The molecule has 84 valence electrons. The molecule has 0 aliphatic heterocycles. The lowest BCUT2D eigenvalue weighted by Crippen LogP contribution is -2.29. The molecule has 0 aliphatic rings. The Bertz CT molecular complexity index is 705. The van der Waals surface area contributed by atoms with E-state index in [1.165, 1.54) is 0 Å². The number of para-hydroxylation sites is 1. The zero-order chi connectivity index (χ0) is 12.0. The van der Waals surface area contributed by atoms with E-state index in [9.17, 15) is 10.0 Å². The Labute approximate surface area is 102 Å². The first-order valence-corrected chi connectivity index (χ1v) is 5.51. The molecule has 0 bridgehead atoms. The Morgan fingerprint density at radius 3 is 2.65 bits per heavy atom. The lowest BCUT2D eigenvalue weighted by Gasteiger charge is -1.98. The van der Waals surface area contributed by atoms with Gasteiger partial charge in [0, 0.05) is 27.3 Å². The van der Waals surface area contributed by atoms with Gasteiger partial charge in [0.1, 0.15) is 11.2 Å². The third-order valence-electron chi connectivity index (χ3n) is 2.77. The van der Waals surface area contributed by atoms with Crippen LogP contribution in [0.25, 0.3) is 21.9 Å². The van der Waals surface area contributed by atoms with E-state index in [1.807, 2.05) is 12.1 Å². The SMILES string of the molecule is OB(O)c1cccc2c1oc1cc(Cl)ccc12. The van der Waals surface area contributed by atoms with Crippen LogP contribution < -0.4 is 5.46 Å². The third-order valence-corrected chi connectivity index (χ3v) is 3.00. The number of hydrogen-bond donors (Lipinski definition) is 2. The first-order valence-electron chi connectivity index (χ1n) is 5.13. The highest BCUT2D eigenvalue weighted by Gasteiger charge is 2.18. The molecule has 2 N–H and O–H groups in total. The number of furan rings is 1. The molecule has 0 aliphatic carbocycles. The number of hydrogen-bond acceptors (Lipinski definition) is 3. The van der Waals surface area contributed by atoms with Crippen molar-refractivity contribution in [1.82, 2.24) is 0 Å². The highest BCUT2D eigenvalue weighted by molar-refractivity contribution is 6.61. The number of halogens is 1. The second-order valence-electron chi connectivity index (χ2n) is 3.84. The van der Waals surface area contributed by atoms with Crippen molar-refractivity contribution in [1.29, 1.82) is 0 Å². The molecular weight excluding hydrogens is 238 g/mol. The fourth-order valence-corrected chi connectivity index (χ4v) is 2.16. The van der Waals surface area contributed by atoms with Gasteiger partial charge in [0.2, 0.25) is 0 Å². The lowest BCUT2D eigenvalue weighted by atomic mass is 9.79. The van der Waals surface area contributed by atoms with Gasteiger partial charge in [-0.25, -0.2) is 0 Å². The van der Waals surface area contributed by atoms with Crippen LogP contribution in [0.4, 0.5) is 0 Å². The van der Waals surface area contributed by atoms with Crippen molar-refractivity contribution in [2.75, 3.05) is 0 Å². The van der Waals surface area contributed by atoms with Crippen molar-refractivity contribution in [2.24, 2.45) is 0 Å². The van der Waals surface area contributed by atoms with E-state index in [-0.39, 0.29) is 0 Å². The van der Waals surface area contributed by atoms with Crippen LogP contribution in [-0.4, -0.2) is 17.2 Å². The van der Waals surface area contributed by atoms with Gasteiger partial charge in [-0.15, -0.1) is 0 Å². The molecule has 5 heteroatoms. The summed E-state index contributed by atoms with van der Waals surface area (Å²) < 4.78 is 5.62. The quantitative estimate of drug-likeness (QED) is 0.645. The smallest absolute Gasteiger partial charge is 0.456 e. The average Bonchev–Trinajstić information content (AvgIpc) is 2.65. The summed E-state index contributed by atoms with van der Waals surface area (Å²) in [6.07, 6.45) is 0. The predicted molar refractivity (Wildman–Crippen MR) is 68.6 cm³/mol. The minimum atomic E-state index is -1.55. The van der Waals surface area contributed by atoms with Gasteiger partial charge in [0.25, 0.3) is 0 Å². The zero-order valence-corrected chi connectivity index (χ0v) is 9.48. The van der Waals surface area contributed by atoms with Crippen LogP contribution in [0.5, 0.6) is 0 Å². The van der Waals surface area contributed by atoms with E-state index >= 15 is 0 Å². The topological polar surface area (TPSA) is 53.6 Å². The molecule has 0 atom stereocenters. The molecule has 0 spiro atoms. The summed E-state index contributed by atoms with van der Waals surface area (Å²) in [5, 5.41) is 20.9. The van der Waals surface area contributed by atoms with Gasteiger partial charge in [-0.1, -0.05) is 29.8 Å². The Balaban J connectivity index is 2.46. The third kappa shape index (κ3) is 1.62. The van der Waals surface area contributed by atoms with Gasteiger partial charge >= 0.3 is 7.12 Å². The summed E-state index contributed by atoms with van der Waals surface area (Å²) in [7, 11) is -1.55. The Hall–Kier alpha value is -1.49.